The van der Waals surface area contributed by atoms with Crippen LogP contribution in [0.3, 0.4) is 0 Å². The first-order valence-electron chi connectivity index (χ1n) is 6.62. The van der Waals surface area contributed by atoms with Crippen LogP contribution in [0, 0.1) is 5.92 Å². The molecule has 2 atom stereocenters. The normalized spacial score (nSPS) is 23.9. The zero-order chi connectivity index (χ0) is 13.8. The van der Waals surface area contributed by atoms with Gasteiger partial charge in [-0.2, -0.15) is 0 Å². The molecule has 1 saturated heterocycles. The molecule has 1 heterocycles. The van der Waals surface area contributed by atoms with Crippen LogP contribution in [0.2, 0.25) is 0 Å². The van der Waals surface area contributed by atoms with Gasteiger partial charge in [0, 0.05) is 23.2 Å². The van der Waals surface area contributed by atoms with Crippen LogP contribution < -0.4 is 16.0 Å². The molecule has 19 heavy (non-hydrogen) atoms. The quantitative estimate of drug-likeness (QED) is 0.890. The minimum absolute atomic E-state index is 0.0812. The number of nitrogens with one attached hydrogen (secondary N) is 1. The SMILES string of the molecule is CC1CNC(=O)C(CCN)N(c2ccc(Br)cc2)C1. The predicted octanol–water partition coefficient (Wildman–Crippen LogP) is 1.74. The fraction of sp³-hybridized carbons (Fsp3) is 0.500. The number of carbonyl (C=O) groups is 1. The van der Waals surface area contributed by atoms with Crippen molar-refractivity contribution in [3.63, 3.8) is 0 Å². The topological polar surface area (TPSA) is 58.4 Å². The highest BCUT2D eigenvalue weighted by atomic mass is 79.9. The lowest BCUT2D eigenvalue weighted by molar-refractivity contribution is -0.122. The summed E-state index contributed by atoms with van der Waals surface area (Å²) in [6.07, 6.45) is 0.675. The summed E-state index contributed by atoms with van der Waals surface area (Å²) >= 11 is 3.44. The molecule has 2 unspecified atom stereocenters. The van der Waals surface area contributed by atoms with Crippen LogP contribution in [-0.2, 0) is 4.79 Å². The van der Waals surface area contributed by atoms with E-state index in [-0.39, 0.29) is 11.9 Å². The summed E-state index contributed by atoms with van der Waals surface area (Å²) in [5.74, 6) is 0.507. The van der Waals surface area contributed by atoms with Gasteiger partial charge in [-0.15, -0.1) is 0 Å². The van der Waals surface area contributed by atoms with E-state index in [0.29, 0.717) is 18.9 Å². The smallest absolute Gasteiger partial charge is 0.242 e. The Morgan fingerprint density at radius 1 is 1.42 bits per heavy atom. The number of nitrogens with zero attached hydrogens (tertiary/aromatic N) is 1. The summed E-state index contributed by atoms with van der Waals surface area (Å²) in [6, 6.07) is 7.92. The molecule has 0 bridgehead atoms. The van der Waals surface area contributed by atoms with Gasteiger partial charge in [-0.05, 0) is 43.1 Å². The van der Waals surface area contributed by atoms with Crippen molar-refractivity contribution < 1.29 is 4.79 Å². The Labute approximate surface area is 122 Å². The number of amides is 1. The number of hydrogen-bond acceptors (Lipinski definition) is 3. The van der Waals surface area contributed by atoms with Crippen molar-refractivity contribution in [2.24, 2.45) is 11.7 Å². The number of benzene rings is 1. The van der Waals surface area contributed by atoms with Gasteiger partial charge in [0.2, 0.25) is 5.91 Å². The van der Waals surface area contributed by atoms with Crippen molar-refractivity contribution in [2.75, 3.05) is 24.5 Å². The molecule has 0 aromatic heterocycles. The first kappa shape index (κ1) is 14.3. The Balaban J connectivity index is 2.29. The average molecular weight is 326 g/mol. The largest absolute Gasteiger partial charge is 0.359 e. The molecule has 1 aliphatic rings. The van der Waals surface area contributed by atoms with Gasteiger partial charge in [-0.1, -0.05) is 22.9 Å². The standard InChI is InChI=1S/C14H20BrN3O/c1-10-8-17-14(19)13(6-7-16)18(9-10)12-4-2-11(15)3-5-12/h2-5,10,13H,6-9,16H2,1H3,(H,17,19). The van der Waals surface area contributed by atoms with Crippen molar-refractivity contribution in [1.29, 1.82) is 0 Å². The first-order valence-corrected chi connectivity index (χ1v) is 7.41. The van der Waals surface area contributed by atoms with Gasteiger partial charge >= 0.3 is 0 Å². The molecule has 104 valence electrons. The van der Waals surface area contributed by atoms with Crippen molar-refractivity contribution in [1.82, 2.24) is 5.32 Å². The molecule has 0 aliphatic carbocycles. The average Bonchev–Trinajstić information content (AvgIpc) is 2.53. The highest BCUT2D eigenvalue weighted by Crippen LogP contribution is 2.24. The van der Waals surface area contributed by atoms with E-state index in [1.807, 2.05) is 24.3 Å². The van der Waals surface area contributed by atoms with Crippen molar-refractivity contribution in [2.45, 2.75) is 19.4 Å². The van der Waals surface area contributed by atoms with E-state index >= 15 is 0 Å². The number of carbonyl (C=O) groups excluding carboxylic acids is 1. The highest BCUT2D eigenvalue weighted by molar-refractivity contribution is 9.10. The van der Waals surface area contributed by atoms with Crippen molar-refractivity contribution in [3.8, 4) is 0 Å². The lowest BCUT2D eigenvalue weighted by Crippen LogP contribution is -2.45. The molecular formula is C14H20BrN3O. The maximum Gasteiger partial charge on any atom is 0.242 e. The van der Waals surface area contributed by atoms with Crippen molar-refractivity contribution >= 4 is 27.5 Å². The minimum Gasteiger partial charge on any atom is -0.359 e. The van der Waals surface area contributed by atoms with E-state index in [2.05, 4.69) is 33.1 Å². The summed E-state index contributed by atoms with van der Waals surface area (Å²) in [4.78, 5) is 14.4. The summed E-state index contributed by atoms with van der Waals surface area (Å²) in [7, 11) is 0. The van der Waals surface area contributed by atoms with Crippen LogP contribution in [-0.4, -0.2) is 31.6 Å². The molecule has 0 saturated carbocycles. The third kappa shape index (κ3) is 3.48. The minimum atomic E-state index is -0.170. The van der Waals surface area contributed by atoms with Gasteiger partial charge in [0.1, 0.15) is 6.04 Å². The monoisotopic (exact) mass is 325 g/mol. The molecule has 2 rings (SSSR count). The summed E-state index contributed by atoms with van der Waals surface area (Å²) < 4.78 is 1.04. The molecule has 0 radical (unpaired) electrons. The maximum atomic E-state index is 12.2. The van der Waals surface area contributed by atoms with E-state index in [1.165, 1.54) is 0 Å². The molecular weight excluding hydrogens is 306 g/mol. The molecule has 1 aromatic carbocycles. The Bertz CT molecular complexity index is 435. The summed E-state index contributed by atoms with van der Waals surface area (Å²) in [5.41, 5.74) is 6.73. The molecule has 1 amide bonds. The second kappa shape index (κ2) is 6.39. The first-order chi connectivity index (χ1) is 9.11. The molecule has 3 N–H and O–H groups in total. The Morgan fingerprint density at radius 2 is 2.11 bits per heavy atom. The number of rotatable bonds is 3. The van der Waals surface area contributed by atoms with E-state index in [4.69, 9.17) is 5.73 Å². The maximum absolute atomic E-state index is 12.2. The zero-order valence-corrected chi connectivity index (χ0v) is 12.7. The van der Waals surface area contributed by atoms with Crippen LogP contribution >= 0.6 is 15.9 Å². The fourth-order valence-electron chi connectivity index (χ4n) is 2.42. The van der Waals surface area contributed by atoms with E-state index in [9.17, 15) is 4.79 Å². The summed E-state index contributed by atoms with van der Waals surface area (Å²) in [5, 5.41) is 2.99. The predicted molar refractivity (Wildman–Crippen MR) is 81.1 cm³/mol. The number of nitrogens with two attached hydrogens (primary N) is 1. The zero-order valence-electron chi connectivity index (χ0n) is 11.1. The lowest BCUT2D eigenvalue weighted by atomic mass is 10.1. The van der Waals surface area contributed by atoms with Gasteiger partial charge in [0.05, 0.1) is 0 Å². The van der Waals surface area contributed by atoms with Gasteiger partial charge in [-0.3, -0.25) is 4.79 Å². The Morgan fingerprint density at radius 3 is 2.74 bits per heavy atom. The van der Waals surface area contributed by atoms with E-state index in [1.54, 1.807) is 0 Å². The molecule has 4 nitrogen and oxygen atoms in total. The third-order valence-electron chi connectivity index (χ3n) is 3.41. The van der Waals surface area contributed by atoms with Crippen LogP contribution in [0.15, 0.2) is 28.7 Å². The van der Waals surface area contributed by atoms with Gasteiger partial charge in [0.15, 0.2) is 0 Å². The fourth-order valence-corrected chi connectivity index (χ4v) is 2.69. The van der Waals surface area contributed by atoms with Crippen LogP contribution in [0.5, 0.6) is 0 Å². The van der Waals surface area contributed by atoms with Crippen LogP contribution in [0.1, 0.15) is 13.3 Å². The van der Waals surface area contributed by atoms with E-state index < -0.39 is 0 Å². The van der Waals surface area contributed by atoms with Gasteiger partial charge in [0.25, 0.3) is 0 Å². The molecule has 1 fully saturated rings. The second-order valence-corrected chi connectivity index (χ2v) is 5.99. The highest BCUT2D eigenvalue weighted by Gasteiger charge is 2.29. The third-order valence-corrected chi connectivity index (χ3v) is 3.94. The van der Waals surface area contributed by atoms with Crippen LogP contribution in [0.25, 0.3) is 0 Å². The molecule has 1 aliphatic heterocycles. The van der Waals surface area contributed by atoms with Crippen molar-refractivity contribution in [3.05, 3.63) is 28.7 Å². The number of anilines is 1. The second-order valence-electron chi connectivity index (χ2n) is 5.07. The number of halogens is 1. The molecule has 5 heteroatoms. The number of hydrogen-bond donors (Lipinski definition) is 2. The Hall–Kier alpha value is -1.07. The molecule has 1 aromatic rings. The van der Waals surface area contributed by atoms with E-state index in [0.717, 1.165) is 23.2 Å². The van der Waals surface area contributed by atoms with Gasteiger partial charge in [-0.25, -0.2) is 0 Å². The molecule has 0 spiro atoms. The van der Waals surface area contributed by atoms with Crippen LogP contribution in [0.4, 0.5) is 5.69 Å². The Kier molecular flexibility index (Phi) is 4.82. The summed E-state index contributed by atoms with van der Waals surface area (Å²) in [6.45, 7) is 4.26. The van der Waals surface area contributed by atoms with Gasteiger partial charge < -0.3 is 16.0 Å². The lowest BCUT2D eigenvalue weighted by Gasteiger charge is -2.31.